The van der Waals surface area contributed by atoms with Gasteiger partial charge in [-0.1, -0.05) is 36.4 Å². The molecule has 2 aromatic carbocycles. The fourth-order valence-corrected chi connectivity index (χ4v) is 1.86. The minimum Gasteiger partial charge on any atom is -0.479 e. The number of carbonyl (C=O) groups is 1. The second-order valence-corrected chi connectivity index (χ2v) is 4.44. The maximum atomic E-state index is 10.7. The molecule has 0 aliphatic carbocycles. The molecule has 19 heavy (non-hydrogen) atoms. The molecule has 98 valence electrons. The lowest BCUT2D eigenvalue weighted by atomic mass is 10.0. The Morgan fingerprint density at radius 1 is 1.11 bits per heavy atom. The monoisotopic (exact) mass is 256 g/mol. The number of aliphatic carboxylic acids is 1. The second kappa shape index (κ2) is 5.57. The van der Waals surface area contributed by atoms with E-state index in [4.69, 9.17) is 9.84 Å². The summed E-state index contributed by atoms with van der Waals surface area (Å²) in [4.78, 5) is 10.7. The van der Waals surface area contributed by atoms with E-state index >= 15 is 0 Å². The summed E-state index contributed by atoms with van der Waals surface area (Å²) in [6, 6.07) is 15.6. The van der Waals surface area contributed by atoms with E-state index in [0.29, 0.717) is 5.75 Å². The van der Waals surface area contributed by atoms with Gasteiger partial charge in [-0.2, -0.15) is 0 Å². The standard InChI is InChI=1S/C16H16O3/c1-11-5-3-4-6-15(11)13-7-9-14(10-8-13)19-12(2)16(17)18/h3-10,12H,1-2H3,(H,17,18). The predicted octanol–water partition coefficient (Wildman–Crippen LogP) is 3.51. The summed E-state index contributed by atoms with van der Waals surface area (Å²) in [6.45, 7) is 3.57. The minimum absolute atomic E-state index is 0.562. The molecule has 0 amide bonds. The van der Waals surface area contributed by atoms with Gasteiger partial charge in [0.2, 0.25) is 0 Å². The summed E-state index contributed by atoms with van der Waals surface area (Å²) in [5.74, 6) is -0.407. The molecule has 1 atom stereocenters. The van der Waals surface area contributed by atoms with E-state index in [1.54, 1.807) is 12.1 Å². The van der Waals surface area contributed by atoms with Crippen LogP contribution in [0.15, 0.2) is 48.5 Å². The van der Waals surface area contributed by atoms with Gasteiger partial charge in [-0.05, 0) is 42.7 Å². The highest BCUT2D eigenvalue weighted by Crippen LogP contribution is 2.25. The quantitative estimate of drug-likeness (QED) is 0.910. The first kappa shape index (κ1) is 13.1. The summed E-state index contributed by atoms with van der Waals surface area (Å²) < 4.78 is 5.30. The molecule has 3 nitrogen and oxygen atoms in total. The fraction of sp³-hybridized carbons (Fsp3) is 0.188. The van der Waals surface area contributed by atoms with Crippen LogP contribution in [0.3, 0.4) is 0 Å². The molecular formula is C16H16O3. The van der Waals surface area contributed by atoms with Gasteiger partial charge in [0.05, 0.1) is 0 Å². The normalized spacial score (nSPS) is 11.9. The van der Waals surface area contributed by atoms with E-state index in [1.165, 1.54) is 18.1 Å². The Morgan fingerprint density at radius 2 is 1.74 bits per heavy atom. The molecule has 0 bridgehead atoms. The van der Waals surface area contributed by atoms with Gasteiger partial charge in [-0.15, -0.1) is 0 Å². The average molecular weight is 256 g/mol. The molecular weight excluding hydrogens is 240 g/mol. The Balaban J connectivity index is 2.19. The fourth-order valence-electron chi connectivity index (χ4n) is 1.86. The second-order valence-electron chi connectivity index (χ2n) is 4.44. The lowest BCUT2D eigenvalue weighted by Crippen LogP contribution is -2.22. The van der Waals surface area contributed by atoms with Crippen LogP contribution in [-0.2, 0) is 4.79 Å². The highest BCUT2D eigenvalue weighted by molar-refractivity contribution is 5.72. The lowest BCUT2D eigenvalue weighted by Gasteiger charge is -2.11. The zero-order valence-corrected chi connectivity index (χ0v) is 11.0. The summed E-state index contributed by atoms with van der Waals surface area (Å²) in [7, 11) is 0. The molecule has 0 fully saturated rings. The molecule has 0 radical (unpaired) electrons. The molecule has 0 saturated heterocycles. The van der Waals surface area contributed by atoms with Gasteiger partial charge in [0.15, 0.2) is 6.10 Å². The van der Waals surface area contributed by atoms with Crippen molar-refractivity contribution >= 4 is 5.97 Å². The zero-order valence-electron chi connectivity index (χ0n) is 11.0. The number of carboxylic acid groups (broad SMARTS) is 1. The average Bonchev–Trinajstić information content (AvgIpc) is 2.40. The maximum Gasteiger partial charge on any atom is 0.344 e. The molecule has 2 aromatic rings. The number of rotatable bonds is 4. The molecule has 1 unspecified atom stereocenters. The minimum atomic E-state index is -0.969. The van der Waals surface area contributed by atoms with Crippen molar-refractivity contribution in [2.24, 2.45) is 0 Å². The van der Waals surface area contributed by atoms with Crippen molar-refractivity contribution in [3.63, 3.8) is 0 Å². The Hall–Kier alpha value is -2.29. The van der Waals surface area contributed by atoms with Crippen molar-refractivity contribution in [1.82, 2.24) is 0 Å². The number of ether oxygens (including phenoxy) is 1. The van der Waals surface area contributed by atoms with Gasteiger partial charge >= 0.3 is 5.97 Å². The van der Waals surface area contributed by atoms with Crippen molar-refractivity contribution in [2.75, 3.05) is 0 Å². The molecule has 0 aliphatic heterocycles. The summed E-state index contributed by atoms with van der Waals surface area (Å²) in [6.07, 6.45) is -0.843. The van der Waals surface area contributed by atoms with Gasteiger partial charge in [0.1, 0.15) is 5.75 Å². The van der Waals surface area contributed by atoms with E-state index in [9.17, 15) is 4.79 Å². The van der Waals surface area contributed by atoms with Crippen LogP contribution in [0.5, 0.6) is 5.75 Å². The first-order chi connectivity index (χ1) is 9.08. The van der Waals surface area contributed by atoms with Crippen molar-refractivity contribution in [3.8, 4) is 16.9 Å². The molecule has 0 saturated carbocycles. The summed E-state index contributed by atoms with van der Waals surface area (Å²) >= 11 is 0. The molecule has 0 aliphatic rings. The van der Waals surface area contributed by atoms with Crippen LogP contribution in [0, 0.1) is 6.92 Å². The van der Waals surface area contributed by atoms with E-state index in [-0.39, 0.29) is 0 Å². The van der Waals surface area contributed by atoms with Gasteiger partial charge < -0.3 is 9.84 Å². The van der Waals surface area contributed by atoms with Crippen LogP contribution < -0.4 is 4.74 Å². The number of carboxylic acids is 1. The van der Waals surface area contributed by atoms with Crippen LogP contribution in [0.25, 0.3) is 11.1 Å². The van der Waals surface area contributed by atoms with Crippen LogP contribution in [0.4, 0.5) is 0 Å². The third-order valence-corrected chi connectivity index (χ3v) is 2.97. The third kappa shape index (κ3) is 3.13. The SMILES string of the molecule is Cc1ccccc1-c1ccc(OC(C)C(=O)O)cc1. The van der Waals surface area contributed by atoms with E-state index in [0.717, 1.165) is 5.56 Å². The van der Waals surface area contributed by atoms with Crippen LogP contribution in [-0.4, -0.2) is 17.2 Å². The Bertz CT molecular complexity index is 573. The van der Waals surface area contributed by atoms with E-state index in [1.807, 2.05) is 24.3 Å². The Morgan fingerprint density at radius 3 is 2.32 bits per heavy atom. The van der Waals surface area contributed by atoms with E-state index in [2.05, 4.69) is 19.1 Å². The van der Waals surface area contributed by atoms with Crippen LogP contribution in [0.2, 0.25) is 0 Å². The number of hydrogen-bond donors (Lipinski definition) is 1. The van der Waals surface area contributed by atoms with Crippen LogP contribution >= 0.6 is 0 Å². The zero-order chi connectivity index (χ0) is 13.8. The number of benzene rings is 2. The molecule has 1 N–H and O–H groups in total. The van der Waals surface area contributed by atoms with Crippen molar-refractivity contribution in [2.45, 2.75) is 20.0 Å². The number of aryl methyl sites for hydroxylation is 1. The topological polar surface area (TPSA) is 46.5 Å². The Kier molecular flexibility index (Phi) is 3.85. The largest absolute Gasteiger partial charge is 0.479 e. The van der Waals surface area contributed by atoms with Crippen molar-refractivity contribution < 1.29 is 14.6 Å². The summed E-state index contributed by atoms with van der Waals surface area (Å²) in [5, 5.41) is 8.79. The number of hydrogen-bond acceptors (Lipinski definition) is 2. The van der Waals surface area contributed by atoms with Gasteiger partial charge in [-0.25, -0.2) is 4.79 Å². The maximum absolute atomic E-state index is 10.7. The predicted molar refractivity (Wildman–Crippen MR) is 74.3 cm³/mol. The van der Waals surface area contributed by atoms with E-state index < -0.39 is 12.1 Å². The highest BCUT2D eigenvalue weighted by Gasteiger charge is 2.12. The molecule has 2 rings (SSSR count). The molecule has 0 aromatic heterocycles. The third-order valence-electron chi connectivity index (χ3n) is 2.97. The van der Waals surface area contributed by atoms with Gasteiger partial charge in [0.25, 0.3) is 0 Å². The van der Waals surface area contributed by atoms with Gasteiger partial charge in [-0.3, -0.25) is 0 Å². The lowest BCUT2D eigenvalue weighted by molar-refractivity contribution is -0.144. The van der Waals surface area contributed by atoms with Crippen molar-refractivity contribution in [3.05, 3.63) is 54.1 Å². The highest BCUT2D eigenvalue weighted by atomic mass is 16.5. The smallest absolute Gasteiger partial charge is 0.344 e. The first-order valence-electron chi connectivity index (χ1n) is 6.13. The van der Waals surface area contributed by atoms with Crippen LogP contribution in [0.1, 0.15) is 12.5 Å². The Labute approximate surface area is 112 Å². The summed E-state index contributed by atoms with van der Waals surface area (Å²) in [5.41, 5.74) is 3.46. The van der Waals surface area contributed by atoms with Crippen molar-refractivity contribution in [1.29, 1.82) is 0 Å². The molecule has 0 spiro atoms. The molecule has 0 heterocycles. The molecule has 3 heteroatoms. The first-order valence-corrected chi connectivity index (χ1v) is 6.13. The van der Waals surface area contributed by atoms with Gasteiger partial charge in [0, 0.05) is 0 Å².